The zero-order valence-corrected chi connectivity index (χ0v) is 18.5. The van der Waals surface area contributed by atoms with E-state index in [1.54, 1.807) is 7.05 Å². The Kier molecular flexibility index (Phi) is 6.71. The number of halogens is 1. The molecule has 0 spiro atoms. The van der Waals surface area contributed by atoms with Crippen LogP contribution in [0.5, 0.6) is 0 Å². The molecule has 8 heteroatoms. The number of fused-ring (bicyclic) bond motifs is 2. The van der Waals surface area contributed by atoms with Gasteiger partial charge in [0, 0.05) is 38.1 Å². The maximum absolute atomic E-state index is 4.31. The zero-order chi connectivity index (χ0) is 18.6. The van der Waals surface area contributed by atoms with Crippen molar-refractivity contribution in [3.05, 3.63) is 60.0 Å². The van der Waals surface area contributed by atoms with Gasteiger partial charge in [-0.3, -0.25) is 9.39 Å². The smallest absolute Gasteiger partial charge is 0.191 e. The average Bonchev–Trinajstić information content (AvgIpc) is 3.25. The van der Waals surface area contributed by atoms with Crippen molar-refractivity contribution in [1.29, 1.82) is 0 Å². The van der Waals surface area contributed by atoms with Crippen LogP contribution in [-0.2, 0) is 13.0 Å². The molecule has 1 atom stereocenters. The highest BCUT2D eigenvalue weighted by molar-refractivity contribution is 14.0. The molecule has 0 bridgehead atoms. The fourth-order valence-electron chi connectivity index (χ4n) is 3.66. The van der Waals surface area contributed by atoms with Crippen LogP contribution in [-0.4, -0.2) is 46.7 Å². The van der Waals surface area contributed by atoms with Crippen molar-refractivity contribution < 1.29 is 0 Å². The number of guanidine groups is 1. The molecule has 1 aromatic carbocycles. The minimum atomic E-state index is 0. The van der Waals surface area contributed by atoms with Gasteiger partial charge in [0.05, 0.1) is 6.54 Å². The molecule has 7 nitrogen and oxygen atoms in total. The molecule has 1 unspecified atom stereocenters. The number of rotatable bonds is 5. The summed E-state index contributed by atoms with van der Waals surface area (Å²) in [5, 5.41) is 15.1. The van der Waals surface area contributed by atoms with Crippen LogP contribution < -0.4 is 15.5 Å². The minimum Gasteiger partial charge on any atom is -0.367 e. The van der Waals surface area contributed by atoms with Crippen LogP contribution in [0, 0.1) is 0 Å². The number of hydrogen-bond acceptors (Lipinski definition) is 4. The Hall–Kier alpha value is -2.36. The lowest BCUT2D eigenvalue weighted by molar-refractivity contribution is 0.655. The van der Waals surface area contributed by atoms with Crippen LogP contribution in [0.4, 0.5) is 5.69 Å². The van der Waals surface area contributed by atoms with E-state index >= 15 is 0 Å². The summed E-state index contributed by atoms with van der Waals surface area (Å²) in [5.74, 6) is 1.62. The van der Waals surface area contributed by atoms with E-state index in [-0.39, 0.29) is 24.0 Å². The number of benzene rings is 1. The van der Waals surface area contributed by atoms with E-state index in [9.17, 15) is 0 Å². The van der Waals surface area contributed by atoms with E-state index in [4.69, 9.17) is 0 Å². The second-order valence-electron chi connectivity index (χ2n) is 6.77. The lowest BCUT2D eigenvalue weighted by Crippen LogP contribution is -2.42. The predicted octanol–water partition coefficient (Wildman–Crippen LogP) is 2.46. The second kappa shape index (κ2) is 9.22. The van der Waals surface area contributed by atoms with Crippen molar-refractivity contribution in [2.75, 3.05) is 25.0 Å². The third-order valence-electron chi connectivity index (χ3n) is 5.02. The topological polar surface area (TPSA) is 69.8 Å². The highest BCUT2D eigenvalue weighted by Gasteiger charge is 2.24. The lowest BCUT2D eigenvalue weighted by Gasteiger charge is -2.25. The van der Waals surface area contributed by atoms with Crippen LogP contribution in [0.3, 0.4) is 0 Å². The van der Waals surface area contributed by atoms with E-state index in [0.717, 1.165) is 36.9 Å². The maximum Gasteiger partial charge on any atom is 0.191 e. The van der Waals surface area contributed by atoms with E-state index < -0.39 is 0 Å². The SMILES string of the molecule is CN=C(NCCN1c2ccccc2CC1C)NCc1nnc2ccccn12.I. The van der Waals surface area contributed by atoms with Crippen LogP contribution in [0.1, 0.15) is 18.3 Å². The summed E-state index contributed by atoms with van der Waals surface area (Å²) in [6.07, 6.45) is 3.08. The molecule has 28 heavy (non-hydrogen) atoms. The number of nitrogens with zero attached hydrogens (tertiary/aromatic N) is 5. The van der Waals surface area contributed by atoms with Crippen molar-refractivity contribution in [3.8, 4) is 0 Å². The molecule has 0 saturated heterocycles. The molecule has 0 radical (unpaired) electrons. The Bertz CT molecular complexity index is 952. The first-order valence-corrected chi connectivity index (χ1v) is 9.34. The summed E-state index contributed by atoms with van der Waals surface area (Å²) < 4.78 is 1.98. The Labute approximate surface area is 182 Å². The Morgan fingerprint density at radius 2 is 1.96 bits per heavy atom. The van der Waals surface area contributed by atoms with Gasteiger partial charge in [-0.2, -0.15) is 0 Å². The van der Waals surface area contributed by atoms with Crippen molar-refractivity contribution in [1.82, 2.24) is 25.2 Å². The van der Waals surface area contributed by atoms with Crippen molar-refractivity contribution >= 4 is 41.3 Å². The molecule has 0 saturated carbocycles. The molecule has 3 heterocycles. The normalized spacial score (nSPS) is 16.0. The molecule has 0 aliphatic carbocycles. The van der Waals surface area contributed by atoms with E-state index in [2.05, 4.69) is 61.9 Å². The number of aromatic nitrogens is 3. The van der Waals surface area contributed by atoms with Crippen molar-refractivity contribution in [2.24, 2.45) is 4.99 Å². The first-order valence-electron chi connectivity index (χ1n) is 9.34. The summed E-state index contributed by atoms with van der Waals surface area (Å²) in [6.45, 7) is 4.60. The molecule has 2 N–H and O–H groups in total. The van der Waals surface area contributed by atoms with Gasteiger partial charge in [-0.05, 0) is 37.1 Å². The fourth-order valence-corrected chi connectivity index (χ4v) is 3.66. The summed E-state index contributed by atoms with van der Waals surface area (Å²) in [4.78, 5) is 6.77. The second-order valence-corrected chi connectivity index (χ2v) is 6.77. The average molecular weight is 491 g/mol. The monoisotopic (exact) mass is 491 g/mol. The number of nitrogens with one attached hydrogen (secondary N) is 2. The van der Waals surface area contributed by atoms with Crippen LogP contribution in [0.15, 0.2) is 53.7 Å². The zero-order valence-electron chi connectivity index (χ0n) is 16.2. The molecule has 4 rings (SSSR count). The summed E-state index contributed by atoms with van der Waals surface area (Å²) in [7, 11) is 1.78. The molecule has 3 aromatic rings. The molecule has 0 amide bonds. The van der Waals surface area contributed by atoms with Gasteiger partial charge in [-0.1, -0.05) is 24.3 Å². The molecular weight excluding hydrogens is 465 g/mol. The van der Waals surface area contributed by atoms with Crippen LogP contribution in [0.25, 0.3) is 5.65 Å². The largest absolute Gasteiger partial charge is 0.367 e. The third-order valence-corrected chi connectivity index (χ3v) is 5.02. The number of anilines is 1. The fraction of sp³-hybridized carbons (Fsp3) is 0.350. The van der Waals surface area contributed by atoms with E-state index in [1.807, 2.05) is 28.8 Å². The molecule has 2 aromatic heterocycles. The molecule has 148 valence electrons. The van der Waals surface area contributed by atoms with Crippen molar-refractivity contribution in [3.63, 3.8) is 0 Å². The van der Waals surface area contributed by atoms with Gasteiger partial charge in [0.2, 0.25) is 0 Å². The van der Waals surface area contributed by atoms with Gasteiger partial charge in [-0.25, -0.2) is 0 Å². The standard InChI is InChI=1S/C20H25N7.HI/c1-15-13-16-7-3-4-8-17(16)26(15)12-10-22-20(21-2)23-14-19-25-24-18-9-5-6-11-27(18)19;/h3-9,11,15H,10,12-14H2,1-2H3,(H2,21,22,23);1H. The third kappa shape index (κ3) is 4.21. The Balaban J connectivity index is 0.00000225. The summed E-state index contributed by atoms with van der Waals surface area (Å²) in [5.41, 5.74) is 3.63. The summed E-state index contributed by atoms with van der Waals surface area (Å²) >= 11 is 0. The van der Waals surface area contributed by atoms with Gasteiger partial charge in [0.1, 0.15) is 0 Å². The number of para-hydroxylation sites is 1. The number of aliphatic imine (C=N–C) groups is 1. The van der Waals surface area contributed by atoms with Gasteiger partial charge in [-0.15, -0.1) is 34.2 Å². The first-order chi connectivity index (χ1) is 13.3. The van der Waals surface area contributed by atoms with Crippen molar-refractivity contribution in [2.45, 2.75) is 25.9 Å². The van der Waals surface area contributed by atoms with Gasteiger partial charge in [0.15, 0.2) is 17.4 Å². The summed E-state index contributed by atoms with van der Waals surface area (Å²) in [6, 6.07) is 15.1. The minimum absolute atomic E-state index is 0. The first kappa shape index (κ1) is 20.4. The van der Waals surface area contributed by atoms with Gasteiger partial charge < -0.3 is 15.5 Å². The number of pyridine rings is 1. The maximum atomic E-state index is 4.31. The Morgan fingerprint density at radius 3 is 2.82 bits per heavy atom. The Morgan fingerprint density at radius 1 is 1.14 bits per heavy atom. The van der Waals surface area contributed by atoms with Crippen LogP contribution >= 0.6 is 24.0 Å². The molecule has 1 aliphatic rings. The van der Waals surface area contributed by atoms with Gasteiger partial charge >= 0.3 is 0 Å². The highest BCUT2D eigenvalue weighted by atomic mass is 127. The predicted molar refractivity (Wildman–Crippen MR) is 124 cm³/mol. The lowest BCUT2D eigenvalue weighted by atomic mass is 10.1. The molecular formula is C20H26IN7. The van der Waals surface area contributed by atoms with E-state index in [1.165, 1.54) is 11.3 Å². The van der Waals surface area contributed by atoms with Gasteiger partial charge in [0.25, 0.3) is 0 Å². The molecule has 0 fully saturated rings. The highest BCUT2D eigenvalue weighted by Crippen LogP contribution is 2.31. The number of hydrogen-bond donors (Lipinski definition) is 2. The quantitative estimate of drug-likeness (QED) is 0.326. The van der Waals surface area contributed by atoms with E-state index in [0.29, 0.717) is 12.6 Å². The van der Waals surface area contributed by atoms with Crippen LogP contribution in [0.2, 0.25) is 0 Å². The molecule has 1 aliphatic heterocycles.